The number of amides is 1. The summed E-state index contributed by atoms with van der Waals surface area (Å²) >= 11 is 0. The summed E-state index contributed by atoms with van der Waals surface area (Å²) in [4.78, 5) is 12.3. The molecule has 1 atom stereocenters. The van der Waals surface area contributed by atoms with E-state index in [4.69, 9.17) is 9.47 Å². The van der Waals surface area contributed by atoms with Gasteiger partial charge in [-0.2, -0.15) is 4.72 Å². The molecule has 2 rings (SSSR count). The number of hydrogen-bond donors (Lipinski definition) is 2. The average Bonchev–Trinajstić information content (AvgIpc) is 2.66. The molecule has 0 aliphatic carbocycles. The fourth-order valence-electron chi connectivity index (χ4n) is 2.32. The maximum absolute atomic E-state index is 12.4. The Kier molecular flexibility index (Phi) is 7.20. The van der Waals surface area contributed by atoms with E-state index in [2.05, 4.69) is 10.0 Å². The molecule has 2 aromatic rings. The number of rotatable bonds is 9. The highest BCUT2D eigenvalue weighted by atomic mass is 32.2. The fourth-order valence-corrected chi connectivity index (χ4v) is 3.52. The topological polar surface area (TPSA) is 93.7 Å². The summed E-state index contributed by atoms with van der Waals surface area (Å²) in [5, 5.41) is 2.71. The highest BCUT2D eigenvalue weighted by Gasteiger charge is 2.22. The number of benzene rings is 2. The van der Waals surface area contributed by atoms with Gasteiger partial charge in [0.2, 0.25) is 15.9 Å². The molecule has 0 aromatic heterocycles. The average molecular weight is 392 g/mol. The maximum Gasteiger partial charge on any atom is 0.241 e. The van der Waals surface area contributed by atoms with Gasteiger partial charge in [0, 0.05) is 6.54 Å². The number of hydrogen-bond acceptors (Lipinski definition) is 5. The predicted molar refractivity (Wildman–Crippen MR) is 102 cm³/mol. The number of ether oxygens (including phenoxy) is 2. The van der Waals surface area contributed by atoms with E-state index in [1.165, 1.54) is 19.1 Å². The summed E-state index contributed by atoms with van der Waals surface area (Å²) in [6, 6.07) is 12.4. The molecule has 0 unspecified atom stereocenters. The van der Waals surface area contributed by atoms with E-state index in [-0.39, 0.29) is 11.4 Å². The molecular weight excluding hydrogens is 368 g/mol. The second-order valence-corrected chi connectivity index (χ2v) is 7.53. The second-order valence-electron chi connectivity index (χ2n) is 5.81. The molecule has 2 aromatic carbocycles. The molecule has 0 saturated heterocycles. The van der Waals surface area contributed by atoms with Crippen LogP contribution in [0.4, 0.5) is 0 Å². The van der Waals surface area contributed by atoms with Crippen molar-refractivity contribution in [3.63, 3.8) is 0 Å². The van der Waals surface area contributed by atoms with Gasteiger partial charge in [-0.15, -0.1) is 0 Å². The molecule has 1 amide bonds. The van der Waals surface area contributed by atoms with Gasteiger partial charge in [-0.1, -0.05) is 12.1 Å². The van der Waals surface area contributed by atoms with Gasteiger partial charge in [0.15, 0.2) is 0 Å². The molecule has 0 saturated carbocycles. The van der Waals surface area contributed by atoms with Crippen LogP contribution < -0.4 is 19.5 Å². The van der Waals surface area contributed by atoms with Crippen molar-refractivity contribution in [1.29, 1.82) is 0 Å². The van der Waals surface area contributed by atoms with Gasteiger partial charge in [0.25, 0.3) is 0 Å². The third-order valence-electron chi connectivity index (χ3n) is 3.80. The van der Waals surface area contributed by atoms with Gasteiger partial charge in [-0.25, -0.2) is 8.42 Å². The predicted octanol–water partition coefficient (Wildman–Crippen LogP) is 2.08. The Balaban J connectivity index is 1.93. The van der Waals surface area contributed by atoms with Crippen LogP contribution in [0.2, 0.25) is 0 Å². The van der Waals surface area contributed by atoms with Crippen molar-refractivity contribution >= 4 is 15.9 Å². The van der Waals surface area contributed by atoms with E-state index in [0.29, 0.717) is 12.4 Å². The van der Waals surface area contributed by atoms with Crippen molar-refractivity contribution < 1.29 is 22.7 Å². The molecule has 0 aliphatic heterocycles. The first-order chi connectivity index (χ1) is 12.9. The van der Waals surface area contributed by atoms with E-state index in [1.54, 1.807) is 31.4 Å². The normalized spacial score (nSPS) is 12.3. The number of sulfonamides is 1. The summed E-state index contributed by atoms with van der Waals surface area (Å²) in [5.74, 6) is 0.892. The van der Waals surface area contributed by atoms with Crippen molar-refractivity contribution in [3.05, 3.63) is 54.1 Å². The third kappa shape index (κ3) is 5.97. The molecule has 0 fully saturated rings. The minimum absolute atomic E-state index is 0.0701. The minimum Gasteiger partial charge on any atom is -0.497 e. The number of methoxy groups -OCH3 is 1. The van der Waals surface area contributed by atoms with Crippen molar-refractivity contribution in [2.24, 2.45) is 0 Å². The van der Waals surface area contributed by atoms with Crippen LogP contribution in [0.5, 0.6) is 11.5 Å². The molecule has 27 heavy (non-hydrogen) atoms. The smallest absolute Gasteiger partial charge is 0.241 e. The van der Waals surface area contributed by atoms with Crippen LogP contribution in [0.1, 0.15) is 19.4 Å². The van der Waals surface area contributed by atoms with E-state index >= 15 is 0 Å². The van der Waals surface area contributed by atoms with Crippen LogP contribution in [-0.2, 0) is 21.4 Å². The minimum atomic E-state index is -3.81. The lowest BCUT2D eigenvalue weighted by atomic mass is 10.2. The van der Waals surface area contributed by atoms with Crippen LogP contribution >= 0.6 is 0 Å². The van der Waals surface area contributed by atoms with Crippen molar-refractivity contribution in [2.75, 3.05) is 13.7 Å². The lowest BCUT2D eigenvalue weighted by Crippen LogP contribution is -2.44. The van der Waals surface area contributed by atoms with Gasteiger partial charge >= 0.3 is 0 Å². The molecule has 0 bridgehead atoms. The van der Waals surface area contributed by atoms with E-state index in [0.717, 1.165) is 11.3 Å². The van der Waals surface area contributed by atoms with Crippen molar-refractivity contribution in [3.8, 4) is 11.5 Å². The van der Waals surface area contributed by atoms with Gasteiger partial charge in [0.1, 0.15) is 11.5 Å². The molecule has 0 aliphatic rings. The summed E-state index contributed by atoms with van der Waals surface area (Å²) in [6.07, 6.45) is 0. The van der Waals surface area contributed by atoms with E-state index < -0.39 is 22.0 Å². The highest BCUT2D eigenvalue weighted by molar-refractivity contribution is 7.89. The highest BCUT2D eigenvalue weighted by Crippen LogP contribution is 2.16. The number of nitrogens with one attached hydrogen (secondary N) is 2. The third-order valence-corrected chi connectivity index (χ3v) is 5.35. The van der Waals surface area contributed by atoms with Crippen molar-refractivity contribution in [1.82, 2.24) is 10.0 Å². The first kappa shape index (κ1) is 20.7. The lowest BCUT2D eigenvalue weighted by molar-refractivity contribution is -0.122. The van der Waals surface area contributed by atoms with Crippen LogP contribution in [0, 0.1) is 0 Å². The first-order valence-electron chi connectivity index (χ1n) is 8.51. The van der Waals surface area contributed by atoms with Crippen LogP contribution in [0.3, 0.4) is 0 Å². The Labute approximate surface area is 159 Å². The van der Waals surface area contributed by atoms with Crippen LogP contribution in [0.25, 0.3) is 0 Å². The maximum atomic E-state index is 12.4. The zero-order chi connectivity index (χ0) is 19.9. The van der Waals surface area contributed by atoms with Crippen LogP contribution in [0.15, 0.2) is 53.4 Å². The number of carbonyl (C=O) groups excluding carboxylic acids is 1. The molecular formula is C19H24N2O5S. The Hall–Kier alpha value is -2.58. The largest absolute Gasteiger partial charge is 0.497 e. The summed E-state index contributed by atoms with van der Waals surface area (Å²) in [5.41, 5.74) is 0.880. The number of carbonyl (C=O) groups is 1. The molecule has 0 spiro atoms. The monoisotopic (exact) mass is 392 g/mol. The standard InChI is InChI=1S/C19H24N2O5S/c1-4-26-17-9-11-18(12-10-17)27(23,24)21-14(2)19(22)20-13-15-5-7-16(25-3)8-6-15/h5-12,14,21H,4,13H2,1-3H3,(H,20,22)/t14-/m1/s1. The first-order valence-corrected chi connectivity index (χ1v) is 10.00. The second kappa shape index (κ2) is 9.38. The Morgan fingerprint density at radius 3 is 2.19 bits per heavy atom. The van der Waals surface area contributed by atoms with E-state index in [9.17, 15) is 13.2 Å². The van der Waals surface area contributed by atoms with Gasteiger partial charge in [-0.3, -0.25) is 4.79 Å². The van der Waals surface area contributed by atoms with Crippen molar-refractivity contribution in [2.45, 2.75) is 31.3 Å². The Bertz CT molecular complexity index is 849. The molecule has 8 heteroatoms. The Morgan fingerprint density at radius 2 is 1.63 bits per heavy atom. The molecule has 0 radical (unpaired) electrons. The molecule has 2 N–H and O–H groups in total. The Morgan fingerprint density at radius 1 is 1.04 bits per heavy atom. The van der Waals surface area contributed by atoms with Gasteiger partial charge < -0.3 is 14.8 Å². The van der Waals surface area contributed by atoms with Gasteiger partial charge in [0.05, 0.1) is 24.7 Å². The fraction of sp³-hybridized carbons (Fsp3) is 0.316. The SMILES string of the molecule is CCOc1ccc(S(=O)(=O)N[C@H](C)C(=O)NCc2ccc(OC)cc2)cc1. The quantitative estimate of drug-likeness (QED) is 0.681. The van der Waals surface area contributed by atoms with Crippen LogP contribution in [-0.4, -0.2) is 34.1 Å². The molecule has 7 nitrogen and oxygen atoms in total. The zero-order valence-corrected chi connectivity index (χ0v) is 16.4. The molecule has 0 heterocycles. The summed E-state index contributed by atoms with van der Waals surface area (Å²) in [7, 11) is -2.23. The summed E-state index contributed by atoms with van der Waals surface area (Å²) < 4.78 is 37.6. The zero-order valence-electron chi connectivity index (χ0n) is 15.6. The lowest BCUT2D eigenvalue weighted by Gasteiger charge is -2.15. The van der Waals surface area contributed by atoms with Gasteiger partial charge in [-0.05, 0) is 55.8 Å². The molecule has 146 valence electrons. The summed E-state index contributed by atoms with van der Waals surface area (Å²) in [6.45, 7) is 4.13. The van der Waals surface area contributed by atoms with E-state index in [1.807, 2.05) is 19.1 Å².